The third kappa shape index (κ3) is 2.07. The van der Waals surface area contributed by atoms with E-state index in [2.05, 4.69) is 58.9 Å². The van der Waals surface area contributed by atoms with Crippen molar-refractivity contribution in [1.82, 2.24) is 0 Å². The molecule has 8 rings (SSSR count). The summed E-state index contributed by atoms with van der Waals surface area (Å²) in [4.78, 5) is 0. The smallest absolute Gasteiger partial charge is 0.0194 e. The van der Waals surface area contributed by atoms with Crippen LogP contribution in [-0.4, -0.2) is 0 Å². The Labute approximate surface area is 185 Å². The van der Waals surface area contributed by atoms with Crippen molar-refractivity contribution in [2.45, 2.75) is 73.1 Å². The van der Waals surface area contributed by atoms with Gasteiger partial charge < -0.3 is 0 Å². The van der Waals surface area contributed by atoms with Gasteiger partial charge in [0.2, 0.25) is 0 Å². The molecule has 0 saturated heterocycles. The monoisotopic (exact) mass is 404 g/mol. The fourth-order valence-corrected chi connectivity index (χ4v) is 11.7. The van der Waals surface area contributed by atoms with E-state index in [0.717, 1.165) is 76.9 Å². The van der Waals surface area contributed by atoms with Crippen molar-refractivity contribution < 1.29 is 0 Å². The zero-order valence-electron chi connectivity index (χ0n) is 20.1. The van der Waals surface area contributed by atoms with Gasteiger partial charge in [0.1, 0.15) is 0 Å². The molecule has 8 aliphatic carbocycles. The maximum absolute atomic E-state index is 2.55. The summed E-state index contributed by atoms with van der Waals surface area (Å²) in [7, 11) is 0. The quantitative estimate of drug-likeness (QED) is 0.311. The van der Waals surface area contributed by atoms with Crippen molar-refractivity contribution in [3.8, 4) is 0 Å². The average molecular weight is 405 g/mol. The lowest BCUT2D eigenvalue weighted by Gasteiger charge is -2.52. The van der Waals surface area contributed by atoms with Gasteiger partial charge in [-0.3, -0.25) is 0 Å². The normalized spacial score (nSPS) is 60.2. The predicted molar refractivity (Wildman–Crippen MR) is 125 cm³/mol. The molecule has 0 aromatic carbocycles. The molecule has 0 nitrogen and oxygen atoms in total. The van der Waals surface area contributed by atoms with Gasteiger partial charge in [-0.25, -0.2) is 0 Å². The molecule has 8 bridgehead atoms. The van der Waals surface area contributed by atoms with Gasteiger partial charge in [0, 0.05) is 0 Å². The van der Waals surface area contributed by atoms with Gasteiger partial charge in [-0.15, -0.1) is 0 Å². The topological polar surface area (TPSA) is 0 Å². The molecular weight excluding hydrogens is 360 g/mol. The second-order valence-electron chi connectivity index (χ2n) is 14.2. The molecule has 164 valence electrons. The molecule has 0 heterocycles. The zero-order valence-corrected chi connectivity index (χ0v) is 20.1. The number of fused-ring (bicyclic) bond motifs is 18. The van der Waals surface area contributed by atoms with E-state index >= 15 is 0 Å². The minimum atomic E-state index is 0.567. The summed E-state index contributed by atoms with van der Waals surface area (Å²) in [6.45, 7) is 12.6. The van der Waals surface area contributed by atoms with Crippen molar-refractivity contribution in [2.24, 2.45) is 87.8 Å². The van der Waals surface area contributed by atoms with Gasteiger partial charge in [-0.2, -0.15) is 0 Å². The summed E-state index contributed by atoms with van der Waals surface area (Å²) < 4.78 is 0. The summed E-state index contributed by atoms with van der Waals surface area (Å²) >= 11 is 0. The zero-order chi connectivity index (χ0) is 20.6. The van der Waals surface area contributed by atoms with Crippen LogP contribution in [0.5, 0.6) is 0 Å². The molecule has 0 aromatic heterocycles. The number of hydrogen-bond acceptors (Lipinski definition) is 0. The minimum absolute atomic E-state index is 0.567. The lowest BCUT2D eigenvalue weighted by molar-refractivity contribution is -0.0349. The third-order valence-corrected chi connectivity index (χ3v) is 13.5. The van der Waals surface area contributed by atoms with E-state index < -0.39 is 0 Å². The molecule has 0 N–H and O–H groups in total. The highest BCUT2D eigenvalue weighted by molar-refractivity contribution is 5.25. The Morgan fingerprint density at radius 3 is 1.63 bits per heavy atom. The van der Waals surface area contributed by atoms with E-state index in [1.54, 1.807) is 12.8 Å². The van der Waals surface area contributed by atoms with Crippen LogP contribution < -0.4 is 0 Å². The second kappa shape index (κ2) is 5.88. The Balaban J connectivity index is 0.000000109. The van der Waals surface area contributed by atoms with E-state index in [1.165, 1.54) is 25.7 Å². The average Bonchev–Trinajstić information content (AvgIpc) is 3.54. The van der Waals surface area contributed by atoms with Crippen LogP contribution in [-0.2, 0) is 0 Å². The van der Waals surface area contributed by atoms with Crippen LogP contribution in [0.25, 0.3) is 0 Å². The summed E-state index contributed by atoms with van der Waals surface area (Å²) in [6.07, 6.45) is 19.4. The lowest BCUT2D eigenvalue weighted by atomic mass is 9.52. The third-order valence-electron chi connectivity index (χ3n) is 13.5. The molecule has 0 amide bonds. The number of rotatable bonds is 1. The maximum atomic E-state index is 2.55. The predicted octanol–water partition coefficient (Wildman–Crippen LogP) is 7.62. The van der Waals surface area contributed by atoms with Crippen molar-refractivity contribution in [3.05, 3.63) is 24.3 Å². The molecule has 0 aromatic rings. The Kier molecular flexibility index (Phi) is 3.72. The standard InChI is InChI=1S/C16H24.C14H20/c1-15(2)11-8-12(16(15,3)4)14-10-6-5-9(7-10)13(11)14;1-2-8-5-11-7-12(8)14-10-4-3-9(6-10)13(11)14/h5-6,9-14H,7-8H2,1-4H3;3-4,8-14H,2,5-7H2,1H3. The minimum Gasteiger partial charge on any atom is -0.0848 e. The first kappa shape index (κ1) is 19.0. The molecule has 8 aliphatic rings. The van der Waals surface area contributed by atoms with Crippen LogP contribution in [0.1, 0.15) is 73.1 Å². The van der Waals surface area contributed by atoms with Crippen LogP contribution in [0.3, 0.4) is 0 Å². The van der Waals surface area contributed by atoms with Crippen LogP contribution in [0.15, 0.2) is 24.3 Å². The van der Waals surface area contributed by atoms with Crippen molar-refractivity contribution in [1.29, 1.82) is 0 Å². The SMILES string of the molecule is CC1(C)C2CC(C3C4C=CC(C4)C32)C1(C)C.CCC1CC2CC1C1C3C=CC(C3)C21. The Bertz CT molecular complexity index is 763. The summed E-state index contributed by atoms with van der Waals surface area (Å²) in [5.41, 5.74) is 1.13. The fraction of sp³-hybridized carbons (Fsp3) is 0.867. The Morgan fingerprint density at radius 2 is 1.10 bits per heavy atom. The summed E-state index contributed by atoms with van der Waals surface area (Å²) in [5.74, 6) is 13.7. The van der Waals surface area contributed by atoms with Gasteiger partial charge >= 0.3 is 0 Å². The van der Waals surface area contributed by atoms with Gasteiger partial charge in [0.15, 0.2) is 0 Å². The van der Waals surface area contributed by atoms with E-state index in [0.29, 0.717) is 10.8 Å². The van der Waals surface area contributed by atoms with E-state index in [-0.39, 0.29) is 0 Å². The molecular formula is C30H44. The van der Waals surface area contributed by atoms with Crippen LogP contribution >= 0.6 is 0 Å². The first-order chi connectivity index (χ1) is 14.3. The maximum Gasteiger partial charge on any atom is -0.0194 e. The van der Waals surface area contributed by atoms with Gasteiger partial charge in [-0.05, 0) is 120 Å². The van der Waals surface area contributed by atoms with Crippen molar-refractivity contribution in [3.63, 3.8) is 0 Å². The molecule has 0 aliphatic heterocycles. The lowest BCUT2D eigenvalue weighted by Crippen LogP contribution is -2.47. The van der Waals surface area contributed by atoms with Crippen LogP contribution in [0.2, 0.25) is 0 Å². The Hall–Kier alpha value is -0.520. The molecule has 0 heteroatoms. The largest absolute Gasteiger partial charge is 0.0848 e. The first-order valence-electron chi connectivity index (χ1n) is 13.7. The van der Waals surface area contributed by atoms with Crippen LogP contribution in [0, 0.1) is 87.8 Å². The Morgan fingerprint density at radius 1 is 0.600 bits per heavy atom. The highest BCUT2D eigenvalue weighted by Gasteiger charge is 2.70. The first-order valence-corrected chi connectivity index (χ1v) is 13.7. The van der Waals surface area contributed by atoms with E-state index in [9.17, 15) is 0 Å². The van der Waals surface area contributed by atoms with Gasteiger partial charge in [0.05, 0.1) is 0 Å². The van der Waals surface area contributed by atoms with Crippen molar-refractivity contribution in [2.75, 3.05) is 0 Å². The van der Waals surface area contributed by atoms with E-state index in [1.807, 2.05) is 0 Å². The molecule has 13 atom stereocenters. The van der Waals surface area contributed by atoms with E-state index in [4.69, 9.17) is 0 Å². The van der Waals surface area contributed by atoms with Gasteiger partial charge in [0.25, 0.3) is 0 Å². The fourth-order valence-electron chi connectivity index (χ4n) is 11.7. The highest BCUT2D eigenvalue weighted by atomic mass is 14.7. The van der Waals surface area contributed by atoms with Gasteiger partial charge in [-0.1, -0.05) is 65.3 Å². The molecule has 6 fully saturated rings. The summed E-state index contributed by atoms with van der Waals surface area (Å²) in [6, 6.07) is 0. The molecule has 0 spiro atoms. The van der Waals surface area contributed by atoms with Crippen molar-refractivity contribution >= 4 is 0 Å². The second-order valence-corrected chi connectivity index (χ2v) is 14.2. The highest BCUT2D eigenvalue weighted by Crippen LogP contribution is 2.76. The molecule has 6 saturated carbocycles. The molecule has 13 unspecified atom stereocenters. The molecule has 30 heavy (non-hydrogen) atoms. The summed E-state index contributed by atoms with van der Waals surface area (Å²) in [5, 5.41) is 0. The number of allylic oxidation sites excluding steroid dienone is 4. The van der Waals surface area contributed by atoms with Crippen LogP contribution in [0.4, 0.5) is 0 Å². The number of hydrogen-bond donors (Lipinski definition) is 0. The molecule has 0 radical (unpaired) electrons.